The van der Waals surface area contributed by atoms with Gasteiger partial charge in [0.05, 0.1) is 30.8 Å². The third-order valence-corrected chi connectivity index (χ3v) is 4.38. The summed E-state index contributed by atoms with van der Waals surface area (Å²) < 4.78 is 4.71. The topological polar surface area (TPSA) is 77.0 Å². The zero-order chi connectivity index (χ0) is 18.0. The average Bonchev–Trinajstić information content (AvgIpc) is 2.80. The van der Waals surface area contributed by atoms with E-state index >= 15 is 0 Å². The minimum atomic E-state index is -0.983. The van der Waals surface area contributed by atoms with E-state index in [4.69, 9.17) is 33.7 Å². The van der Waals surface area contributed by atoms with Crippen molar-refractivity contribution in [3.8, 4) is 0 Å². The molecule has 2 aromatic rings. The van der Waals surface area contributed by atoms with E-state index in [1.165, 1.54) is 7.11 Å². The van der Waals surface area contributed by atoms with E-state index < -0.39 is 12.0 Å². The number of rotatable bonds is 3. The van der Waals surface area contributed by atoms with Crippen LogP contribution in [-0.2, 0) is 9.53 Å². The second kappa shape index (κ2) is 7.35. The Balaban J connectivity index is 2.16. The Kier molecular flexibility index (Phi) is 5.18. The molecule has 1 heterocycles. The molecule has 0 saturated heterocycles. The van der Waals surface area contributed by atoms with Crippen molar-refractivity contribution >= 4 is 46.3 Å². The van der Waals surface area contributed by atoms with Crippen LogP contribution in [0.2, 0.25) is 10.0 Å². The first kappa shape index (κ1) is 17.6. The summed E-state index contributed by atoms with van der Waals surface area (Å²) in [7, 11) is 1.28. The van der Waals surface area contributed by atoms with Crippen LogP contribution in [0.4, 0.5) is 5.69 Å². The summed E-state index contributed by atoms with van der Waals surface area (Å²) in [5, 5.41) is 1.11. The Morgan fingerprint density at radius 2 is 1.96 bits per heavy atom. The van der Waals surface area contributed by atoms with E-state index in [2.05, 4.69) is 9.98 Å². The van der Waals surface area contributed by atoms with Gasteiger partial charge >= 0.3 is 5.97 Å². The number of esters is 1. The number of ether oxygens (including phenoxy) is 1. The fourth-order valence-corrected chi connectivity index (χ4v) is 2.94. The first-order chi connectivity index (χ1) is 12.0. The second-order valence-electron chi connectivity index (χ2n) is 5.41. The number of halogens is 2. The molecule has 1 atom stereocenters. The minimum absolute atomic E-state index is 0.156. The first-order valence-corrected chi connectivity index (χ1v) is 8.27. The van der Waals surface area contributed by atoms with Crippen LogP contribution >= 0.6 is 23.2 Å². The third kappa shape index (κ3) is 3.58. The van der Waals surface area contributed by atoms with Crippen LogP contribution in [0.25, 0.3) is 0 Å². The summed E-state index contributed by atoms with van der Waals surface area (Å²) >= 11 is 12.5. The van der Waals surface area contributed by atoms with Gasteiger partial charge in [0.25, 0.3) is 0 Å². The predicted octanol–water partition coefficient (Wildman–Crippen LogP) is 3.42. The number of carbonyl (C=O) groups excluding carboxylic acids is 1. The van der Waals surface area contributed by atoms with Crippen molar-refractivity contribution < 1.29 is 9.53 Å². The maximum atomic E-state index is 11.8. The summed E-state index contributed by atoms with van der Waals surface area (Å²) in [5.41, 5.74) is 9.12. The molecule has 128 valence electrons. The highest BCUT2D eigenvalue weighted by Gasteiger charge is 2.25. The number of fused-ring (bicyclic) bond motifs is 1. The van der Waals surface area contributed by atoms with Crippen molar-refractivity contribution in [3.63, 3.8) is 0 Å². The van der Waals surface area contributed by atoms with Gasteiger partial charge < -0.3 is 10.5 Å². The highest BCUT2D eigenvalue weighted by atomic mass is 35.5. The Morgan fingerprint density at radius 3 is 2.68 bits per heavy atom. The molecular formula is C18H15Cl2N3O2. The number of nitrogens with two attached hydrogens (primary N) is 1. The fraction of sp³-hybridized carbons (Fsp3) is 0.167. The summed E-state index contributed by atoms with van der Waals surface area (Å²) in [6, 6.07) is 11.7. The lowest BCUT2D eigenvalue weighted by molar-refractivity contribution is -0.140. The SMILES string of the molecule is COC(=O)C(N)C1=Nc2ccc(Cl)cc2C(c2ccccc2Cl)=NC1. The zero-order valence-electron chi connectivity index (χ0n) is 13.4. The summed E-state index contributed by atoms with van der Waals surface area (Å²) in [6.45, 7) is 0.156. The van der Waals surface area contributed by atoms with Crippen molar-refractivity contribution in [2.24, 2.45) is 15.7 Å². The highest BCUT2D eigenvalue weighted by Crippen LogP contribution is 2.30. The Labute approximate surface area is 155 Å². The molecule has 0 bridgehead atoms. The van der Waals surface area contributed by atoms with E-state index in [9.17, 15) is 4.79 Å². The molecule has 2 aromatic carbocycles. The molecule has 5 nitrogen and oxygen atoms in total. The number of carbonyl (C=O) groups is 1. The maximum Gasteiger partial charge on any atom is 0.328 e. The number of aliphatic imine (C=N–C) groups is 2. The number of benzene rings is 2. The molecule has 3 rings (SSSR count). The largest absolute Gasteiger partial charge is 0.468 e. The van der Waals surface area contributed by atoms with Crippen LogP contribution in [0.5, 0.6) is 0 Å². The van der Waals surface area contributed by atoms with Crippen molar-refractivity contribution in [2.45, 2.75) is 6.04 Å². The lowest BCUT2D eigenvalue weighted by Gasteiger charge is -2.10. The van der Waals surface area contributed by atoms with Gasteiger partial charge in [-0.05, 0) is 24.3 Å². The third-order valence-electron chi connectivity index (χ3n) is 3.82. The van der Waals surface area contributed by atoms with Gasteiger partial charge in [0.1, 0.15) is 6.04 Å². The van der Waals surface area contributed by atoms with Crippen LogP contribution in [0.15, 0.2) is 52.4 Å². The van der Waals surface area contributed by atoms with Crippen molar-refractivity contribution in [1.29, 1.82) is 0 Å². The molecular weight excluding hydrogens is 361 g/mol. The van der Waals surface area contributed by atoms with Gasteiger partial charge in [0.15, 0.2) is 0 Å². The van der Waals surface area contributed by atoms with Gasteiger partial charge in [0, 0.05) is 21.2 Å². The molecule has 2 N–H and O–H groups in total. The molecule has 25 heavy (non-hydrogen) atoms. The standard InChI is InChI=1S/C18H15Cl2N3O2/c1-25-18(24)16(21)15-9-22-17(11-4-2-3-5-13(11)20)12-8-10(19)6-7-14(12)23-15/h2-8,16H,9,21H2,1H3. The Morgan fingerprint density at radius 1 is 1.20 bits per heavy atom. The molecule has 0 aromatic heterocycles. The van der Waals surface area contributed by atoms with Gasteiger partial charge in [-0.2, -0.15) is 0 Å². The van der Waals surface area contributed by atoms with Crippen LogP contribution in [0.1, 0.15) is 11.1 Å². The fourth-order valence-electron chi connectivity index (χ4n) is 2.55. The molecule has 0 spiro atoms. The molecule has 1 aliphatic heterocycles. The molecule has 1 unspecified atom stereocenters. The smallest absolute Gasteiger partial charge is 0.328 e. The Bertz CT molecular complexity index is 894. The summed E-state index contributed by atoms with van der Waals surface area (Å²) in [5.74, 6) is -0.564. The van der Waals surface area contributed by atoms with Gasteiger partial charge in [0.2, 0.25) is 0 Å². The lowest BCUT2D eigenvalue weighted by atomic mass is 10.0. The lowest BCUT2D eigenvalue weighted by Crippen LogP contribution is -2.40. The van der Waals surface area contributed by atoms with E-state index in [0.29, 0.717) is 27.2 Å². The number of hydrogen-bond donors (Lipinski definition) is 1. The molecule has 0 saturated carbocycles. The number of nitrogens with zero attached hydrogens (tertiary/aromatic N) is 2. The first-order valence-electron chi connectivity index (χ1n) is 7.51. The van der Waals surface area contributed by atoms with Gasteiger partial charge in [-0.15, -0.1) is 0 Å². The van der Waals surface area contributed by atoms with E-state index in [-0.39, 0.29) is 6.54 Å². The van der Waals surface area contributed by atoms with Gasteiger partial charge in [-0.3, -0.25) is 9.98 Å². The van der Waals surface area contributed by atoms with Crippen LogP contribution in [-0.4, -0.2) is 37.1 Å². The molecule has 0 aliphatic carbocycles. The average molecular weight is 376 g/mol. The number of methoxy groups -OCH3 is 1. The molecule has 1 aliphatic rings. The quantitative estimate of drug-likeness (QED) is 0.834. The van der Waals surface area contributed by atoms with Gasteiger partial charge in [-0.25, -0.2) is 4.79 Å². The summed E-state index contributed by atoms with van der Waals surface area (Å²) in [6.07, 6.45) is 0. The molecule has 7 heteroatoms. The highest BCUT2D eigenvalue weighted by molar-refractivity contribution is 6.36. The van der Waals surface area contributed by atoms with E-state index in [0.717, 1.165) is 11.1 Å². The van der Waals surface area contributed by atoms with Crippen molar-refractivity contribution in [1.82, 2.24) is 0 Å². The van der Waals surface area contributed by atoms with Gasteiger partial charge in [-0.1, -0.05) is 41.4 Å². The molecule has 0 radical (unpaired) electrons. The molecule has 0 amide bonds. The van der Waals surface area contributed by atoms with Crippen molar-refractivity contribution in [3.05, 3.63) is 63.6 Å². The maximum absolute atomic E-state index is 11.8. The Hall–Kier alpha value is -2.21. The van der Waals surface area contributed by atoms with Crippen molar-refractivity contribution in [2.75, 3.05) is 13.7 Å². The summed E-state index contributed by atoms with van der Waals surface area (Å²) in [4.78, 5) is 20.9. The normalized spacial score (nSPS) is 14.7. The second-order valence-corrected chi connectivity index (χ2v) is 6.25. The van der Waals surface area contributed by atoms with Crippen LogP contribution in [0.3, 0.4) is 0 Å². The number of hydrogen-bond acceptors (Lipinski definition) is 5. The predicted molar refractivity (Wildman–Crippen MR) is 100 cm³/mol. The van der Waals surface area contributed by atoms with Crippen LogP contribution < -0.4 is 5.73 Å². The van der Waals surface area contributed by atoms with E-state index in [1.54, 1.807) is 24.3 Å². The van der Waals surface area contributed by atoms with E-state index in [1.807, 2.05) is 18.2 Å². The molecule has 0 fully saturated rings. The zero-order valence-corrected chi connectivity index (χ0v) is 14.9. The monoisotopic (exact) mass is 375 g/mol. The van der Waals surface area contributed by atoms with Crippen LogP contribution in [0, 0.1) is 0 Å². The minimum Gasteiger partial charge on any atom is -0.468 e.